The number of rotatable bonds is 2. The molecule has 0 aliphatic heterocycles. The third-order valence-corrected chi connectivity index (χ3v) is 5.79. The Bertz CT molecular complexity index is 445. The quantitative estimate of drug-likeness (QED) is 0.633. The van der Waals surface area contributed by atoms with Crippen LogP contribution in [0.15, 0.2) is 22.8 Å². The van der Waals surface area contributed by atoms with Crippen LogP contribution in [0.3, 0.4) is 0 Å². The molecular weight excluding hydrogens is 356 g/mol. The normalized spacial score (nSPS) is 31.2. The summed E-state index contributed by atoms with van der Waals surface area (Å²) in [5.41, 5.74) is 3.80. The van der Waals surface area contributed by atoms with Crippen LogP contribution in [0.1, 0.15) is 40.0 Å². The van der Waals surface area contributed by atoms with E-state index in [1.54, 1.807) is 0 Å². The Hall–Kier alpha value is 0.110. The summed E-state index contributed by atoms with van der Waals surface area (Å²) < 4.78 is 0. The van der Waals surface area contributed by atoms with Gasteiger partial charge in [-0.1, -0.05) is 64.6 Å². The third-order valence-electron chi connectivity index (χ3n) is 4.67. The molecule has 1 nitrogen and oxygen atoms in total. The Balaban J connectivity index is 2.60. The van der Waals surface area contributed by atoms with Crippen molar-refractivity contribution in [3.8, 4) is 0 Å². The summed E-state index contributed by atoms with van der Waals surface area (Å²) >= 11 is 7.07. The van der Waals surface area contributed by atoms with Crippen molar-refractivity contribution in [2.75, 3.05) is 10.7 Å². The van der Waals surface area contributed by atoms with E-state index in [-0.39, 0.29) is 16.6 Å². The van der Waals surface area contributed by atoms with Crippen LogP contribution in [0.2, 0.25) is 0 Å². The first-order valence-electron chi connectivity index (χ1n) is 6.48. The van der Waals surface area contributed by atoms with Crippen molar-refractivity contribution in [2.45, 2.75) is 40.0 Å². The predicted molar refractivity (Wildman–Crippen MR) is 83.4 cm³/mol. The lowest BCUT2D eigenvalue weighted by Crippen LogP contribution is -2.40. The molecule has 1 fully saturated rings. The van der Waals surface area contributed by atoms with Crippen molar-refractivity contribution in [1.29, 1.82) is 0 Å². The van der Waals surface area contributed by atoms with Gasteiger partial charge in [0, 0.05) is 21.6 Å². The van der Waals surface area contributed by atoms with Gasteiger partial charge in [-0.15, -0.1) is 0 Å². The van der Waals surface area contributed by atoms with Crippen molar-refractivity contribution in [3.05, 3.63) is 22.8 Å². The molecule has 0 aromatic rings. The Morgan fingerprint density at radius 1 is 1.17 bits per heavy atom. The summed E-state index contributed by atoms with van der Waals surface area (Å²) in [6.45, 7) is 6.86. The summed E-state index contributed by atoms with van der Waals surface area (Å²) in [5, 5.41) is 1.45. The first-order chi connectivity index (χ1) is 8.36. The topological polar surface area (TPSA) is 17.1 Å². The number of fused-ring (bicyclic) bond motifs is 1. The van der Waals surface area contributed by atoms with E-state index in [4.69, 9.17) is 0 Å². The number of hydrogen-bond acceptors (Lipinski definition) is 1. The van der Waals surface area contributed by atoms with Gasteiger partial charge in [0.05, 0.1) is 0 Å². The molecule has 2 rings (SSSR count). The molecule has 18 heavy (non-hydrogen) atoms. The van der Waals surface area contributed by atoms with Crippen LogP contribution in [0, 0.1) is 10.8 Å². The highest BCUT2D eigenvalue weighted by atomic mass is 79.9. The Morgan fingerprint density at radius 3 is 2.39 bits per heavy atom. The van der Waals surface area contributed by atoms with Gasteiger partial charge < -0.3 is 0 Å². The summed E-state index contributed by atoms with van der Waals surface area (Å²) in [6, 6.07) is 0. The molecule has 0 spiro atoms. The fraction of sp³-hybridized carbons (Fsp3) is 0.667. The third kappa shape index (κ3) is 2.07. The number of alkyl halides is 2. The van der Waals surface area contributed by atoms with Gasteiger partial charge >= 0.3 is 0 Å². The van der Waals surface area contributed by atoms with Crippen molar-refractivity contribution in [1.82, 2.24) is 0 Å². The molecule has 1 saturated carbocycles. The van der Waals surface area contributed by atoms with Crippen LogP contribution in [-0.2, 0) is 4.79 Å². The molecule has 2 aliphatic rings. The lowest BCUT2D eigenvalue weighted by molar-refractivity contribution is -0.111. The second-order valence-electron chi connectivity index (χ2n) is 6.22. The minimum atomic E-state index is 0.0717. The van der Waals surface area contributed by atoms with Crippen molar-refractivity contribution >= 4 is 37.6 Å². The van der Waals surface area contributed by atoms with Crippen molar-refractivity contribution < 1.29 is 4.79 Å². The van der Waals surface area contributed by atoms with Crippen LogP contribution < -0.4 is 0 Å². The number of ketones is 1. The molecule has 2 aliphatic carbocycles. The molecule has 0 radical (unpaired) electrons. The first kappa shape index (κ1) is 14.5. The van der Waals surface area contributed by atoms with Gasteiger partial charge in [0.2, 0.25) is 0 Å². The maximum Gasteiger partial charge on any atom is 0.182 e. The average molecular weight is 376 g/mol. The van der Waals surface area contributed by atoms with Gasteiger partial charge in [-0.3, -0.25) is 4.79 Å². The van der Waals surface area contributed by atoms with Gasteiger partial charge in [0.1, 0.15) is 0 Å². The SMILES string of the molecule is CC1(C)CCC[C@@]2(C)C1=CC(=O)C(CBr)=C2CBr. The Labute approximate surface area is 126 Å². The monoisotopic (exact) mass is 374 g/mol. The standard InChI is InChI=1S/C15H20Br2O/c1-14(2)5-4-6-15(3)11(9-17)10(8-16)12(18)7-13(14)15/h7H,4-6,8-9H2,1-3H3/t15-/m1/s1. The van der Waals surface area contributed by atoms with Gasteiger partial charge in [0.15, 0.2) is 5.78 Å². The maximum absolute atomic E-state index is 12.3. The van der Waals surface area contributed by atoms with Crippen molar-refractivity contribution in [2.24, 2.45) is 10.8 Å². The molecule has 0 unspecified atom stereocenters. The van der Waals surface area contributed by atoms with Crippen LogP contribution in [0.5, 0.6) is 0 Å². The number of carbonyl (C=O) groups is 1. The van der Waals surface area contributed by atoms with Gasteiger partial charge in [0.25, 0.3) is 0 Å². The van der Waals surface area contributed by atoms with Crippen molar-refractivity contribution in [3.63, 3.8) is 0 Å². The number of allylic oxidation sites excluding steroid dienone is 4. The maximum atomic E-state index is 12.3. The average Bonchev–Trinajstić information content (AvgIpc) is 2.29. The van der Waals surface area contributed by atoms with E-state index in [9.17, 15) is 4.79 Å². The molecular formula is C15H20Br2O. The number of hydrogen-bond donors (Lipinski definition) is 0. The first-order valence-corrected chi connectivity index (χ1v) is 8.72. The number of carbonyl (C=O) groups excluding carboxylic acids is 1. The lowest BCUT2D eigenvalue weighted by atomic mass is 9.55. The van der Waals surface area contributed by atoms with Crippen LogP contribution in [0.25, 0.3) is 0 Å². The molecule has 1 atom stereocenters. The smallest absolute Gasteiger partial charge is 0.182 e. The van der Waals surface area contributed by atoms with E-state index < -0.39 is 0 Å². The molecule has 0 heterocycles. The van der Waals surface area contributed by atoms with E-state index in [0.29, 0.717) is 5.33 Å². The molecule has 0 amide bonds. The molecule has 0 aromatic heterocycles. The fourth-order valence-corrected chi connectivity index (χ4v) is 5.21. The van der Waals surface area contributed by atoms with E-state index in [2.05, 4.69) is 52.6 Å². The minimum Gasteiger partial charge on any atom is -0.290 e. The Kier molecular flexibility index (Phi) is 3.95. The van der Waals surface area contributed by atoms with E-state index >= 15 is 0 Å². The summed E-state index contributed by atoms with van der Waals surface area (Å²) in [6.07, 6.45) is 5.50. The highest BCUT2D eigenvalue weighted by molar-refractivity contribution is 9.09. The molecule has 0 saturated heterocycles. The van der Waals surface area contributed by atoms with E-state index in [1.807, 2.05) is 6.08 Å². The van der Waals surface area contributed by atoms with Crippen LogP contribution in [0.4, 0.5) is 0 Å². The zero-order valence-electron chi connectivity index (χ0n) is 11.3. The molecule has 0 aromatic carbocycles. The second kappa shape index (κ2) is 4.90. The zero-order valence-corrected chi connectivity index (χ0v) is 14.4. The highest BCUT2D eigenvalue weighted by Gasteiger charge is 2.47. The van der Waals surface area contributed by atoms with Gasteiger partial charge in [-0.05, 0) is 29.9 Å². The number of halogens is 2. The van der Waals surface area contributed by atoms with E-state index in [1.165, 1.54) is 24.0 Å². The second-order valence-corrected chi connectivity index (χ2v) is 7.34. The molecule has 0 N–H and O–H groups in total. The molecule has 3 heteroatoms. The van der Waals surface area contributed by atoms with Gasteiger partial charge in [-0.25, -0.2) is 0 Å². The summed E-state index contributed by atoms with van der Waals surface area (Å²) in [5.74, 6) is 0.198. The summed E-state index contributed by atoms with van der Waals surface area (Å²) in [4.78, 5) is 12.3. The lowest BCUT2D eigenvalue weighted by Gasteiger charge is -2.49. The predicted octanol–water partition coefficient (Wildman–Crippen LogP) is 4.80. The molecule has 100 valence electrons. The molecule has 0 bridgehead atoms. The summed E-state index contributed by atoms with van der Waals surface area (Å²) in [7, 11) is 0. The van der Waals surface area contributed by atoms with Crippen LogP contribution in [-0.4, -0.2) is 16.4 Å². The van der Waals surface area contributed by atoms with E-state index in [0.717, 1.165) is 17.3 Å². The van der Waals surface area contributed by atoms with Gasteiger partial charge in [-0.2, -0.15) is 0 Å². The minimum absolute atomic E-state index is 0.0717. The Morgan fingerprint density at radius 2 is 1.83 bits per heavy atom. The fourth-order valence-electron chi connectivity index (χ4n) is 3.64. The highest BCUT2D eigenvalue weighted by Crippen LogP contribution is 2.56. The zero-order chi connectivity index (χ0) is 13.6. The largest absolute Gasteiger partial charge is 0.290 e. The van der Waals surface area contributed by atoms with Crippen LogP contribution >= 0.6 is 31.9 Å².